The van der Waals surface area contributed by atoms with Crippen LogP contribution in [0.15, 0.2) is 29.2 Å². The molecule has 1 aromatic rings. The van der Waals surface area contributed by atoms with Crippen molar-refractivity contribution >= 4 is 15.7 Å². The Bertz CT molecular complexity index is 516. The van der Waals surface area contributed by atoms with Gasteiger partial charge in [-0.05, 0) is 31.0 Å². The van der Waals surface area contributed by atoms with Crippen molar-refractivity contribution in [3.05, 3.63) is 24.3 Å². The van der Waals surface area contributed by atoms with Gasteiger partial charge in [0.25, 0.3) is 0 Å². The van der Waals surface area contributed by atoms with Crippen LogP contribution in [0.1, 0.15) is 25.7 Å². The molecule has 1 fully saturated rings. The van der Waals surface area contributed by atoms with Gasteiger partial charge in [0.2, 0.25) is 10.0 Å². The van der Waals surface area contributed by atoms with Crippen LogP contribution in [0.2, 0.25) is 0 Å². The molecule has 0 amide bonds. The average Bonchev–Trinajstić information content (AvgIpc) is 2.32. The zero-order valence-electron chi connectivity index (χ0n) is 10.0. The summed E-state index contributed by atoms with van der Waals surface area (Å²) < 4.78 is 26.8. The molecule has 0 radical (unpaired) electrons. The highest BCUT2D eigenvalue weighted by Crippen LogP contribution is 2.21. The quantitative estimate of drug-likeness (QED) is 0.710. The van der Waals surface area contributed by atoms with Crippen LogP contribution in [-0.2, 0) is 10.0 Å². The molecule has 18 heavy (non-hydrogen) atoms. The summed E-state index contributed by atoms with van der Waals surface area (Å²) in [5.41, 5.74) is 5.98. The summed E-state index contributed by atoms with van der Waals surface area (Å²) in [6.07, 6.45) is 2.58. The number of hydrogen-bond acceptors (Lipinski definition) is 4. The number of aliphatic hydroxyl groups excluding tert-OH is 1. The van der Waals surface area contributed by atoms with Gasteiger partial charge in [-0.25, -0.2) is 13.1 Å². The van der Waals surface area contributed by atoms with Crippen LogP contribution in [0.4, 0.5) is 5.69 Å². The Morgan fingerprint density at radius 3 is 2.67 bits per heavy atom. The second-order valence-corrected chi connectivity index (χ2v) is 6.37. The van der Waals surface area contributed by atoms with Gasteiger partial charge < -0.3 is 10.8 Å². The molecule has 2 rings (SSSR count). The van der Waals surface area contributed by atoms with Gasteiger partial charge in [-0.2, -0.15) is 0 Å². The minimum atomic E-state index is -3.61. The minimum Gasteiger partial charge on any atom is -0.399 e. The lowest BCUT2D eigenvalue weighted by atomic mass is 9.93. The summed E-state index contributed by atoms with van der Waals surface area (Å²) in [6, 6.07) is 5.74. The molecule has 0 spiro atoms. The van der Waals surface area contributed by atoms with Gasteiger partial charge in [-0.3, -0.25) is 0 Å². The summed E-state index contributed by atoms with van der Waals surface area (Å²) in [5, 5.41) is 9.78. The lowest BCUT2D eigenvalue weighted by Gasteiger charge is -2.28. The number of benzene rings is 1. The fourth-order valence-corrected chi connectivity index (χ4v) is 3.56. The Balaban J connectivity index is 2.16. The molecule has 1 aromatic carbocycles. The third kappa shape index (κ3) is 3.01. The zero-order valence-corrected chi connectivity index (χ0v) is 10.9. The molecule has 2 atom stereocenters. The Morgan fingerprint density at radius 2 is 2.00 bits per heavy atom. The van der Waals surface area contributed by atoms with E-state index in [1.165, 1.54) is 12.1 Å². The van der Waals surface area contributed by atoms with Crippen molar-refractivity contribution in [2.45, 2.75) is 42.7 Å². The summed E-state index contributed by atoms with van der Waals surface area (Å²) in [6.45, 7) is 0. The first-order valence-electron chi connectivity index (χ1n) is 6.05. The summed E-state index contributed by atoms with van der Waals surface area (Å²) in [4.78, 5) is 0.139. The van der Waals surface area contributed by atoms with Gasteiger partial charge >= 0.3 is 0 Å². The minimum absolute atomic E-state index is 0.139. The first-order valence-corrected chi connectivity index (χ1v) is 7.53. The molecule has 6 heteroatoms. The van der Waals surface area contributed by atoms with Crippen LogP contribution < -0.4 is 10.5 Å². The number of rotatable bonds is 3. The van der Waals surface area contributed by atoms with Gasteiger partial charge in [0, 0.05) is 11.7 Å². The number of nitrogens with one attached hydrogen (secondary N) is 1. The van der Waals surface area contributed by atoms with Crippen LogP contribution in [-0.4, -0.2) is 25.7 Å². The standard InChI is InChI=1S/C12H18N2O3S/c13-9-4-3-5-10(8-9)18(16,17)14-11-6-1-2-7-12(11)15/h3-5,8,11-12,14-15H,1-2,6-7,13H2/t11-,12-/m0/s1. The number of aliphatic hydroxyl groups is 1. The van der Waals surface area contributed by atoms with E-state index in [-0.39, 0.29) is 4.90 Å². The molecule has 0 bridgehead atoms. The van der Waals surface area contributed by atoms with Crippen LogP contribution in [0, 0.1) is 0 Å². The van der Waals surface area contributed by atoms with Crippen molar-refractivity contribution in [3.8, 4) is 0 Å². The molecule has 0 aromatic heterocycles. The van der Waals surface area contributed by atoms with E-state index < -0.39 is 22.2 Å². The van der Waals surface area contributed by atoms with Crippen molar-refractivity contribution in [1.82, 2.24) is 4.72 Å². The van der Waals surface area contributed by atoms with Gasteiger partial charge in [0.1, 0.15) is 0 Å². The lowest BCUT2D eigenvalue weighted by molar-refractivity contribution is 0.101. The molecule has 100 valence electrons. The van der Waals surface area contributed by atoms with E-state index >= 15 is 0 Å². The molecule has 0 saturated heterocycles. The molecule has 0 aliphatic heterocycles. The van der Waals surface area contributed by atoms with E-state index in [0.29, 0.717) is 18.5 Å². The highest BCUT2D eigenvalue weighted by Gasteiger charge is 2.28. The SMILES string of the molecule is Nc1cccc(S(=O)(=O)N[C@H]2CCCC[C@@H]2O)c1. The third-order valence-corrected chi connectivity index (χ3v) is 4.69. The summed E-state index contributed by atoms with van der Waals surface area (Å²) >= 11 is 0. The molecular weight excluding hydrogens is 252 g/mol. The highest BCUT2D eigenvalue weighted by atomic mass is 32.2. The Hall–Kier alpha value is -1.11. The number of sulfonamides is 1. The van der Waals surface area contributed by atoms with E-state index in [4.69, 9.17) is 5.73 Å². The second-order valence-electron chi connectivity index (χ2n) is 4.65. The maximum atomic E-state index is 12.1. The molecule has 5 nitrogen and oxygen atoms in total. The molecule has 0 unspecified atom stereocenters. The normalized spacial score (nSPS) is 24.9. The van der Waals surface area contributed by atoms with Crippen LogP contribution >= 0.6 is 0 Å². The fraction of sp³-hybridized carbons (Fsp3) is 0.500. The van der Waals surface area contributed by atoms with Crippen molar-refractivity contribution in [3.63, 3.8) is 0 Å². The van der Waals surface area contributed by atoms with E-state index in [9.17, 15) is 13.5 Å². The van der Waals surface area contributed by atoms with Crippen LogP contribution in [0.3, 0.4) is 0 Å². The number of hydrogen-bond donors (Lipinski definition) is 3. The van der Waals surface area contributed by atoms with Gasteiger partial charge in [0.15, 0.2) is 0 Å². The van der Waals surface area contributed by atoms with E-state index in [0.717, 1.165) is 12.8 Å². The summed E-state index contributed by atoms with van der Waals surface area (Å²) in [7, 11) is -3.61. The molecule has 4 N–H and O–H groups in total. The fourth-order valence-electron chi connectivity index (χ4n) is 2.20. The molecule has 0 heterocycles. The zero-order chi connectivity index (χ0) is 13.2. The molecule has 1 aliphatic carbocycles. The predicted octanol–water partition coefficient (Wildman–Crippen LogP) is 0.851. The van der Waals surface area contributed by atoms with Gasteiger partial charge in [-0.1, -0.05) is 18.9 Å². The third-order valence-electron chi connectivity index (χ3n) is 3.20. The average molecular weight is 270 g/mol. The monoisotopic (exact) mass is 270 g/mol. The van der Waals surface area contributed by atoms with Gasteiger partial charge in [0.05, 0.1) is 11.0 Å². The largest absolute Gasteiger partial charge is 0.399 e. The first kappa shape index (κ1) is 13.3. The topological polar surface area (TPSA) is 92.4 Å². The Kier molecular flexibility index (Phi) is 3.89. The van der Waals surface area contributed by atoms with Crippen molar-refractivity contribution in [1.29, 1.82) is 0 Å². The predicted molar refractivity (Wildman–Crippen MR) is 69.4 cm³/mol. The highest BCUT2D eigenvalue weighted by molar-refractivity contribution is 7.89. The summed E-state index contributed by atoms with van der Waals surface area (Å²) in [5.74, 6) is 0. The number of nitrogens with two attached hydrogens (primary N) is 1. The second kappa shape index (κ2) is 5.26. The van der Waals surface area contributed by atoms with Crippen LogP contribution in [0.25, 0.3) is 0 Å². The van der Waals surface area contributed by atoms with Crippen molar-refractivity contribution in [2.24, 2.45) is 0 Å². The lowest BCUT2D eigenvalue weighted by Crippen LogP contribution is -2.44. The van der Waals surface area contributed by atoms with Crippen LogP contribution in [0.5, 0.6) is 0 Å². The number of nitrogen functional groups attached to an aromatic ring is 1. The Labute approximate surface area is 107 Å². The van der Waals surface area contributed by atoms with Crippen molar-refractivity contribution < 1.29 is 13.5 Å². The molecular formula is C12H18N2O3S. The van der Waals surface area contributed by atoms with E-state index in [2.05, 4.69) is 4.72 Å². The van der Waals surface area contributed by atoms with E-state index in [1.807, 2.05) is 0 Å². The first-order chi connectivity index (χ1) is 8.49. The van der Waals surface area contributed by atoms with Gasteiger partial charge in [-0.15, -0.1) is 0 Å². The smallest absolute Gasteiger partial charge is 0.240 e. The Morgan fingerprint density at radius 1 is 1.28 bits per heavy atom. The maximum absolute atomic E-state index is 12.1. The number of anilines is 1. The van der Waals surface area contributed by atoms with E-state index in [1.54, 1.807) is 12.1 Å². The molecule has 1 aliphatic rings. The maximum Gasteiger partial charge on any atom is 0.240 e. The molecule has 1 saturated carbocycles. The van der Waals surface area contributed by atoms with Crippen molar-refractivity contribution in [2.75, 3.05) is 5.73 Å².